The van der Waals surface area contributed by atoms with Crippen LogP contribution in [0, 0.1) is 0 Å². The van der Waals surface area contributed by atoms with E-state index in [0.29, 0.717) is 12.6 Å². The monoisotopic (exact) mass is 220 g/mol. The maximum absolute atomic E-state index is 11.9. The number of aromatic nitrogens is 2. The number of rotatable bonds is 4. The molecular formula is C11H16N4O. The highest BCUT2D eigenvalue weighted by atomic mass is 16.2. The van der Waals surface area contributed by atoms with Crippen LogP contribution in [0.5, 0.6) is 0 Å². The van der Waals surface area contributed by atoms with Crippen molar-refractivity contribution < 1.29 is 4.79 Å². The van der Waals surface area contributed by atoms with Crippen LogP contribution in [-0.2, 0) is 11.3 Å². The summed E-state index contributed by atoms with van der Waals surface area (Å²) in [5.41, 5.74) is 6.44. The molecule has 1 aliphatic carbocycles. The Morgan fingerprint density at radius 2 is 2.38 bits per heavy atom. The zero-order chi connectivity index (χ0) is 11.5. The lowest BCUT2D eigenvalue weighted by Gasteiger charge is -2.23. The lowest BCUT2D eigenvalue weighted by Crippen LogP contribution is -2.43. The van der Waals surface area contributed by atoms with Crippen LogP contribution in [-0.4, -0.2) is 32.9 Å². The Balaban J connectivity index is 2.06. The Hall–Kier alpha value is -1.49. The number of nitrogens with zero attached hydrogens (tertiary/aromatic N) is 3. The summed E-state index contributed by atoms with van der Waals surface area (Å²) >= 11 is 0. The summed E-state index contributed by atoms with van der Waals surface area (Å²) in [6.07, 6.45) is 7.08. The molecule has 1 fully saturated rings. The highest BCUT2D eigenvalue weighted by Gasteiger charge is 2.33. The molecule has 1 saturated carbocycles. The van der Waals surface area contributed by atoms with Crippen LogP contribution in [0.25, 0.3) is 0 Å². The van der Waals surface area contributed by atoms with Gasteiger partial charge in [0.25, 0.3) is 0 Å². The van der Waals surface area contributed by atoms with Crippen LogP contribution < -0.4 is 5.73 Å². The molecule has 0 aliphatic heterocycles. The molecule has 1 aliphatic rings. The van der Waals surface area contributed by atoms with Crippen LogP contribution in [0.3, 0.4) is 0 Å². The molecule has 86 valence electrons. The van der Waals surface area contributed by atoms with Gasteiger partial charge in [-0.25, -0.2) is 0 Å². The molecule has 1 amide bonds. The van der Waals surface area contributed by atoms with Gasteiger partial charge in [-0.15, -0.1) is 0 Å². The van der Waals surface area contributed by atoms with E-state index >= 15 is 0 Å². The first-order valence-corrected chi connectivity index (χ1v) is 5.49. The van der Waals surface area contributed by atoms with Gasteiger partial charge in [0, 0.05) is 18.4 Å². The second-order valence-corrected chi connectivity index (χ2v) is 4.18. The SMILES string of the molecule is CC(N)C(=O)N(Cc1cnccn1)C1CC1. The van der Waals surface area contributed by atoms with E-state index in [1.54, 1.807) is 25.5 Å². The molecule has 16 heavy (non-hydrogen) atoms. The Labute approximate surface area is 94.7 Å². The van der Waals surface area contributed by atoms with Crippen molar-refractivity contribution in [3.05, 3.63) is 24.3 Å². The molecule has 1 aromatic heterocycles. The van der Waals surface area contributed by atoms with Gasteiger partial charge < -0.3 is 10.6 Å². The fourth-order valence-corrected chi connectivity index (χ4v) is 1.62. The fraction of sp³-hybridized carbons (Fsp3) is 0.545. The third-order valence-electron chi connectivity index (χ3n) is 2.61. The highest BCUT2D eigenvalue weighted by Crippen LogP contribution is 2.28. The predicted molar refractivity (Wildman–Crippen MR) is 59.3 cm³/mol. The molecule has 0 spiro atoms. The zero-order valence-corrected chi connectivity index (χ0v) is 9.34. The van der Waals surface area contributed by atoms with Gasteiger partial charge >= 0.3 is 0 Å². The van der Waals surface area contributed by atoms with Gasteiger partial charge in [0.1, 0.15) is 0 Å². The fourth-order valence-electron chi connectivity index (χ4n) is 1.62. The van der Waals surface area contributed by atoms with E-state index in [1.165, 1.54) is 0 Å². The molecule has 1 aromatic rings. The first kappa shape index (κ1) is 11.0. The standard InChI is InChI=1S/C11H16N4O/c1-8(12)11(16)15(10-2-3-10)7-9-6-13-4-5-14-9/h4-6,8,10H,2-3,7,12H2,1H3. The molecule has 1 heterocycles. The Morgan fingerprint density at radius 1 is 1.62 bits per heavy atom. The van der Waals surface area contributed by atoms with Crippen molar-refractivity contribution in [2.24, 2.45) is 5.73 Å². The summed E-state index contributed by atoms with van der Waals surface area (Å²) in [4.78, 5) is 21.9. The van der Waals surface area contributed by atoms with Crippen molar-refractivity contribution in [3.8, 4) is 0 Å². The Kier molecular flexibility index (Phi) is 3.14. The van der Waals surface area contributed by atoms with Crippen molar-refractivity contribution in [2.45, 2.75) is 38.4 Å². The van der Waals surface area contributed by atoms with Crippen molar-refractivity contribution in [1.29, 1.82) is 0 Å². The number of carbonyl (C=O) groups is 1. The summed E-state index contributed by atoms with van der Waals surface area (Å²) in [6, 6.07) is -0.0993. The van der Waals surface area contributed by atoms with Crippen molar-refractivity contribution in [1.82, 2.24) is 14.9 Å². The second kappa shape index (κ2) is 4.57. The molecule has 0 radical (unpaired) electrons. The van der Waals surface area contributed by atoms with Crippen molar-refractivity contribution in [3.63, 3.8) is 0 Å². The Morgan fingerprint density at radius 3 is 2.88 bits per heavy atom. The summed E-state index contributed by atoms with van der Waals surface area (Å²) in [6.45, 7) is 2.23. The quantitative estimate of drug-likeness (QED) is 0.793. The van der Waals surface area contributed by atoms with Gasteiger partial charge in [-0.05, 0) is 19.8 Å². The van der Waals surface area contributed by atoms with Gasteiger partial charge in [0.2, 0.25) is 5.91 Å². The largest absolute Gasteiger partial charge is 0.332 e. The maximum atomic E-state index is 11.9. The topological polar surface area (TPSA) is 72.1 Å². The third-order valence-corrected chi connectivity index (χ3v) is 2.61. The number of carbonyl (C=O) groups excluding carboxylic acids is 1. The lowest BCUT2D eigenvalue weighted by atomic mass is 10.2. The minimum absolute atomic E-state index is 0.00634. The highest BCUT2D eigenvalue weighted by molar-refractivity contribution is 5.81. The second-order valence-electron chi connectivity index (χ2n) is 4.18. The van der Waals surface area contributed by atoms with E-state index in [0.717, 1.165) is 18.5 Å². The third kappa shape index (κ3) is 2.55. The molecular weight excluding hydrogens is 204 g/mol. The lowest BCUT2D eigenvalue weighted by molar-refractivity contribution is -0.133. The molecule has 0 saturated heterocycles. The van der Waals surface area contributed by atoms with E-state index in [9.17, 15) is 4.79 Å². The first-order valence-electron chi connectivity index (χ1n) is 5.49. The minimum Gasteiger partial charge on any atom is -0.332 e. The van der Waals surface area contributed by atoms with E-state index in [2.05, 4.69) is 9.97 Å². The van der Waals surface area contributed by atoms with Crippen LogP contribution in [0.4, 0.5) is 0 Å². The van der Waals surface area contributed by atoms with Gasteiger partial charge in [0.15, 0.2) is 0 Å². The molecule has 2 rings (SSSR count). The van der Waals surface area contributed by atoms with Gasteiger partial charge in [0.05, 0.1) is 24.5 Å². The molecule has 0 bridgehead atoms. The molecule has 2 N–H and O–H groups in total. The average molecular weight is 220 g/mol. The van der Waals surface area contributed by atoms with Gasteiger partial charge in [-0.3, -0.25) is 14.8 Å². The van der Waals surface area contributed by atoms with E-state index < -0.39 is 6.04 Å². The van der Waals surface area contributed by atoms with Gasteiger partial charge in [-0.2, -0.15) is 0 Å². The number of nitrogens with two attached hydrogens (primary N) is 1. The van der Waals surface area contributed by atoms with E-state index in [-0.39, 0.29) is 5.91 Å². The summed E-state index contributed by atoms with van der Waals surface area (Å²) in [7, 11) is 0. The zero-order valence-electron chi connectivity index (χ0n) is 9.34. The smallest absolute Gasteiger partial charge is 0.239 e. The summed E-state index contributed by atoms with van der Waals surface area (Å²) < 4.78 is 0. The maximum Gasteiger partial charge on any atom is 0.239 e. The van der Waals surface area contributed by atoms with E-state index in [4.69, 9.17) is 5.73 Å². The number of amides is 1. The van der Waals surface area contributed by atoms with Gasteiger partial charge in [-0.1, -0.05) is 0 Å². The average Bonchev–Trinajstić information content (AvgIpc) is 3.10. The minimum atomic E-state index is -0.447. The van der Waals surface area contributed by atoms with E-state index in [1.807, 2.05) is 4.90 Å². The van der Waals surface area contributed by atoms with Crippen molar-refractivity contribution >= 4 is 5.91 Å². The normalized spacial score (nSPS) is 16.9. The summed E-state index contributed by atoms with van der Waals surface area (Å²) in [5, 5.41) is 0. The predicted octanol–water partition coefficient (Wildman–Crippen LogP) is 0.315. The van der Waals surface area contributed by atoms with Crippen LogP contribution in [0.1, 0.15) is 25.5 Å². The molecule has 0 aromatic carbocycles. The Bertz CT molecular complexity index is 362. The van der Waals surface area contributed by atoms with Crippen molar-refractivity contribution in [2.75, 3.05) is 0 Å². The molecule has 5 nitrogen and oxygen atoms in total. The van der Waals surface area contributed by atoms with Crippen LogP contribution in [0.2, 0.25) is 0 Å². The van der Waals surface area contributed by atoms with Crippen LogP contribution >= 0.6 is 0 Å². The summed E-state index contributed by atoms with van der Waals surface area (Å²) in [5.74, 6) is -0.00634. The molecule has 1 atom stereocenters. The molecule has 5 heteroatoms. The number of hydrogen-bond donors (Lipinski definition) is 1. The number of hydrogen-bond acceptors (Lipinski definition) is 4. The molecule has 1 unspecified atom stereocenters. The first-order chi connectivity index (χ1) is 7.68. The van der Waals surface area contributed by atoms with Crippen LogP contribution in [0.15, 0.2) is 18.6 Å².